The van der Waals surface area contributed by atoms with Crippen molar-refractivity contribution in [2.45, 2.75) is 26.2 Å². The number of hydrogen-bond donors (Lipinski definition) is 1. The van der Waals surface area contributed by atoms with Crippen molar-refractivity contribution in [2.75, 3.05) is 21.9 Å². The highest BCUT2D eigenvalue weighted by molar-refractivity contribution is 7.93. The van der Waals surface area contributed by atoms with Gasteiger partial charge in [0.15, 0.2) is 5.78 Å². The van der Waals surface area contributed by atoms with Gasteiger partial charge in [0.1, 0.15) is 0 Å². The largest absolute Gasteiger partial charge is 0.326 e. The van der Waals surface area contributed by atoms with Gasteiger partial charge < -0.3 is 5.32 Å². The molecule has 0 aliphatic carbocycles. The third-order valence-corrected chi connectivity index (χ3v) is 6.27. The highest BCUT2D eigenvalue weighted by atomic mass is 32.2. The smallest absolute Gasteiger partial charge is 0.235 e. The summed E-state index contributed by atoms with van der Waals surface area (Å²) in [5.41, 5.74) is 2.46. The molecule has 0 unspecified atom stereocenters. The number of ketones is 1. The molecular weight excluding hydrogens is 366 g/mol. The standard InChI is InChI=1S/C19H21N3O4S/c1-14-12-16(5-6-17(14)22-10-3-11-27(22,25)26)21-19(24)8-7-18(23)15-4-2-9-20-13-15/h2,4-6,9,12-13H,3,7-8,10-11H2,1H3,(H,21,24). The second-order valence-electron chi connectivity index (χ2n) is 6.46. The maximum atomic E-state index is 12.1. The molecule has 2 heterocycles. The molecule has 0 saturated carbocycles. The Morgan fingerprint density at radius 3 is 2.67 bits per heavy atom. The zero-order chi connectivity index (χ0) is 19.4. The Bertz CT molecular complexity index is 958. The van der Waals surface area contributed by atoms with Crippen LogP contribution in [0.15, 0.2) is 42.7 Å². The van der Waals surface area contributed by atoms with E-state index < -0.39 is 10.0 Å². The van der Waals surface area contributed by atoms with Crippen LogP contribution < -0.4 is 9.62 Å². The maximum Gasteiger partial charge on any atom is 0.235 e. The van der Waals surface area contributed by atoms with Gasteiger partial charge >= 0.3 is 0 Å². The molecule has 1 N–H and O–H groups in total. The van der Waals surface area contributed by atoms with E-state index in [-0.39, 0.29) is 30.3 Å². The molecule has 0 bridgehead atoms. The van der Waals surface area contributed by atoms with Crippen molar-refractivity contribution in [3.8, 4) is 0 Å². The fourth-order valence-corrected chi connectivity index (χ4v) is 4.67. The summed E-state index contributed by atoms with van der Waals surface area (Å²) in [4.78, 5) is 28.0. The van der Waals surface area contributed by atoms with Crippen LogP contribution in [0, 0.1) is 6.92 Å². The summed E-state index contributed by atoms with van der Waals surface area (Å²) >= 11 is 0. The van der Waals surface area contributed by atoms with E-state index in [2.05, 4.69) is 10.3 Å². The van der Waals surface area contributed by atoms with Crippen molar-refractivity contribution in [2.24, 2.45) is 0 Å². The second-order valence-corrected chi connectivity index (χ2v) is 8.47. The summed E-state index contributed by atoms with van der Waals surface area (Å²) in [6.07, 6.45) is 3.85. The monoisotopic (exact) mass is 387 g/mol. The number of carbonyl (C=O) groups excluding carboxylic acids is 2. The number of anilines is 2. The first-order valence-electron chi connectivity index (χ1n) is 8.71. The van der Waals surface area contributed by atoms with E-state index in [0.29, 0.717) is 29.9 Å². The summed E-state index contributed by atoms with van der Waals surface area (Å²) in [6.45, 7) is 2.29. The molecule has 2 aromatic rings. The lowest BCUT2D eigenvalue weighted by Crippen LogP contribution is -2.25. The number of rotatable bonds is 6. The molecule has 1 aliphatic rings. The van der Waals surface area contributed by atoms with Crippen molar-refractivity contribution >= 4 is 33.1 Å². The zero-order valence-electron chi connectivity index (χ0n) is 15.0. The fourth-order valence-electron chi connectivity index (χ4n) is 3.05. The number of aryl methyl sites for hydroxylation is 1. The van der Waals surface area contributed by atoms with Gasteiger partial charge in [-0.3, -0.25) is 18.9 Å². The number of amides is 1. The highest BCUT2D eigenvalue weighted by Gasteiger charge is 2.29. The average Bonchev–Trinajstić information content (AvgIpc) is 2.99. The van der Waals surface area contributed by atoms with Gasteiger partial charge in [0, 0.05) is 43.0 Å². The molecule has 1 amide bonds. The van der Waals surface area contributed by atoms with Crippen LogP contribution in [0.2, 0.25) is 0 Å². The first-order valence-corrected chi connectivity index (χ1v) is 10.3. The highest BCUT2D eigenvalue weighted by Crippen LogP contribution is 2.29. The molecule has 0 atom stereocenters. The molecule has 1 saturated heterocycles. The summed E-state index contributed by atoms with van der Waals surface area (Å²) < 4.78 is 25.5. The Balaban J connectivity index is 1.60. The maximum absolute atomic E-state index is 12.1. The molecule has 0 spiro atoms. The number of aromatic nitrogens is 1. The molecule has 0 radical (unpaired) electrons. The molecule has 8 heteroatoms. The molecule has 142 valence electrons. The quantitative estimate of drug-likeness (QED) is 0.769. The summed E-state index contributed by atoms with van der Waals surface area (Å²) in [5.74, 6) is -0.243. The number of nitrogens with zero attached hydrogens (tertiary/aromatic N) is 2. The summed E-state index contributed by atoms with van der Waals surface area (Å²) in [7, 11) is -3.24. The topological polar surface area (TPSA) is 96.4 Å². The number of Topliss-reactive ketones (excluding diaryl/α,β-unsaturated/α-hetero) is 1. The Kier molecular flexibility index (Phi) is 5.55. The molecule has 1 aromatic heterocycles. The van der Waals surface area contributed by atoms with Gasteiger partial charge in [0.05, 0.1) is 11.4 Å². The van der Waals surface area contributed by atoms with Gasteiger partial charge in [-0.1, -0.05) is 0 Å². The minimum atomic E-state index is -3.24. The summed E-state index contributed by atoms with van der Waals surface area (Å²) in [5, 5.41) is 2.75. The minimum absolute atomic E-state index is 0.0645. The molecule has 1 aromatic carbocycles. The van der Waals surface area contributed by atoms with E-state index in [1.165, 1.54) is 10.5 Å². The van der Waals surface area contributed by atoms with Crippen LogP contribution in [0.4, 0.5) is 11.4 Å². The SMILES string of the molecule is Cc1cc(NC(=O)CCC(=O)c2cccnc2)ccc1N1CCCS1(=O)=O. The number of hydrogen-bond acceptors (Lipinski definition) is 5. The van der Waals surface area contributed by atoms with Gasteiger partial charge in [-0.25, -0.2) is 8.42 Å². The van der Waals surface area contributed by atoms with Crippen molar-refractivity contribution in [1.29, 1.82) is 0 Å². The van der Waals surface area contributed by atoms with Crippen molar-refractivity contribution < 1.29 is 18.0 Å². The van der Waals surface area contributed by atoms with Crippen LogP contribution in [-0.2, 0) is 14.8 Å². The van der Waals surface area contributed by atoms with Crippen LogP contribution in [0.5, 0.6) is 0 Å². The Morgan fingerprint density at radius 2 is 2.04 bits per heavy atom. The van der Waals surface area contributed by atoms with Gasteiger partial charge in [0.25, 0.3) is 0 Å². The fraction of sp³-hybridized carbons (Fsp3) is 0.316. The molecule has 27 heavy (non-hydrogen) atoms. The van der Waals surface area contributed by atoms with Crippen LogP contribution in [-0.4, -0.2) is 37.4 Å². The number of benzene rings is 1. The van der Waals surface area contributed by atoms with Gasteiger partial charge in [-0.15, -0.1) is 0 Å². The minimum Gasteiger partial charge on any atom is -0.326 e. The van der Waals surface area contributed by atoms with Crippen LogP contribution >= 0.6 is 0 Å². The molecule has 7 nitrogen and oxygen atoms in total. The van der Waals surface area contributed by atoms with Crippen molar-refractivity contribution in [3.63, 3.8) is 0 Å². The average molecular weight is 387 g/mol. The van der Waals surface area contributed by atoms with Crippen LogP contribution in [0.3, 0.4) is 0 Å². The van der Waals surface area contributed by atoms with Gasteiger partial charge in [0.2, 0.25) is 15.9 Å². The van der Waals surface area contributed by atoms with Crippen molar-refractivity contribution in [3.05, 3.63) is 53.9 Å². The lowest BCUT2D eigenvalue weighted by molar-refractivity contribution is -0.116. The predicted molar refractivity (Wildman–Crippen MR) is 103 cm³/mol. The van der Waals surface area contributed by atoms with E-state index in [0.717, 1.165) is 5.56 Å². The summed E-state index contributed by atoms with van der Waals surface area (Å²) in [6, 6.07) is 8.47. The second kappa shape index (κ2) is 7.87. The molecule has 3 rings (SSSR count). The Morgan fingerprint density at radius 1 is 1.22 bits per heavy atom. The van der Waals surface area contributed by atoms with E-state index in [1.54, 1.807) is 36.5 Å². The number of carbonyl (C=O) groups is 2. The van der Waals surface area contributed by atoms with Gasteiger partial charge in [-0.2, -0.15) is 0 Å². The van der Waals surface area contributed by atoms with E-state index in [9.17, 15) is 18.0 Å². The normalized spacial score (nSPS) is 15.5. The van der Waals surface area contributed by atoms with E-state index in [1.807, 2.05) is 6.92 Å². The van der Waals surface area contributed by atoms with Crippen molar-refractivity contribution in [1.82, 2.24) is 4.98 Å². The third kappa shape index (κ3) is 4.51. The zero-order valence-corrected chi connectivity index (χ0v) is 15.8. The van der Waals surface area contributed by atoms with E-state index >= 15 is 0 Å². The van der Waals surface area contributed by atoms with Gasteiger partial charge in [-0.05, 0) is 49.2 Å². The molecule has 1 fully saturated rings. The van der Waals surface area contributed by atoms with Crippen LogP contribution in [0.25, 0.3) is 0 Å². The number of nitrogens with one attached hydrogen (secondary N) is 1. The Hall–Kier alpha value is -2.74. The van der Waals surface area contributed by atoms with Crippen LogP contribution in [0.1, 0.15) is 35.2 Å². The predicted octanol–water partition coefficient (Wildman–Crippen LogP) is 2.53. The first-order chi connectivity index (χ1) is 12.9. The lowest BCUT2D eigenvalue weighted by Gasteiger charge is -2.20. The Labute approximate surface area is 158 Å². The molecule has 1 aliphatic heterocycles. The molecular formula is C19H21N3O4S. The first kappa shape index (κ1) is 19.0. The number of pyridine rings is 1. The van der Waals surface area contributed by atoms with E-state index in [4.69, 9.17) is 0 Å². The lowest BCUT2D eigenvalue weighted by atomic mass is 10.1. The third-order valence-electron chi connectivity index (χ3n) is 4.41. The number of sulfonamides is 1.